The lowest BCUT2D eigenvalue weighted by Gasteiger charge is -2.24. The van der Waals surface area contributed by atoms with Gasteiger partial charge in [-0.15, -0.1) is 0 Å². The Morgan fingerprint density at radius 3 is 2.48 bits per heavy atom. The lowest BCUT2D eigenvalue weighted by molar-refractivity contribution is -0.00000448. The lowest BCUT2D eigenvalue weighted by atomic mass is 10.1. The molecule has 0 bridgehead atoms. The number of thiol groups is 1. The zero-order valence-electron chi connectivity index (χ0n) is 12.9. The fourth-order valence-electron chi connectivity index (χ4n) is 2.36. The van der Waals surface area contributed by atoms with Gasteiger partial charge in [-0.25, -0.2) is 0 Å². The molecule has 2 aromatic rings. The summed E-state index contributed by atoms with van der Waals surface area (Å²) < 4.78 is 0. The SMILES string of the molecule is CCN(CCC(S)c1ccccc1)c1ccc([N+]#N)c(Cl)c1.[Cl-]. The van der Waals surface area contributed by atoms with Gasteiger partial charge in [-0.2, -0.15) is 12.6 Å². The van der Waals surface area contributed by atoms with E-state index in [4.69, 9.17) is 29.6 Å². The van der Waals surface area contributed by atoms with Gasteiger partial charge in [0.15, 0.2) is 4.98 Å². The number of benzene rings is 2. The Bertz CT molecular complexity index is 659. The number of nitrogens with zero attached hydrogens (tertiary/aromatic N) is 3. The maximum atomic E-state index is 8.82. The number of halogens is 2. The van der Waals surface area contributed by atoms with E-state index >= 15 is 0 Å². The van der Waals surface area contributed by atoms with Gasteiger partial charge in [0.1, 0.15) is 5.02 Å². The van der Waals surface area contributed by atoms with Gasteiger partial charge in [0.2, 0.25) is 5.39 Å². The second-order valence-electron chi connectivity index (χ2n) is 5.03. The van der Waals surface area contributed by atoms with E-state index in [0.29, 0.717) is 10.7 Å². The van der Waals surface area contributed by atoms with Crippen LogP contribution >= 0.6 is 24.2 Å². The second-order valence-corrected chi connectivity index (χ2v) is 6.06. The number of diazo groups is 1. The molecule has 0 saturated heterocycles. The molecule has 1 atom stereocenters. The summed E-state index contributed by atoms with van der Waals surface area (Å²) in [6, 6.07) is 15.7. The summed E-state index contributed by atoms with van der Waals surface area (Å²) in [5.74, 6) is 0. The van der Waals surface area contributed by atoms with Crippen molar-refractivity contribution in [1.82, 2.24) is 0 Å². The molecule has 0 spiro atoms. The zero-order valence-corrected chi connectivity index (χ0v) is 15.3. The molecule has 2 rings (SSSR count). The maximum Gasteiger partial charge on any atom is 0.403 e. The van der Waals surface area contributed by atoms with Crippen LogP contribution in [0.3, 0.4) is 0 Å². The van der Waals surface area contributed by atoms with Gasteiger partial charge in [-0.3, -0.25) is 0 Å². The van der Waals surface area contributed by atoms with E-state index in [1.807, 2.05) is 30.3 Å². The number of hydrogen-bond acceptors (Lipinski definition) is 3. The van der Waals surface area contributed by atoms with Crippen LogP contribution in [0, 0.1) is 5.39 Å². The van der Waals surface area contributed by atoms with Gasteiger partial charge in [-0.05, 0) is 31.0 Å². The van der Waals surface area contributed by atoms with Crippen molar-refractivity contribution in [1.29, 1.82) is 5.39 Å². The number of anilines is 1. The van der Waals surface area contributed by atoms with Gasteiger partial charge in [0.05, 0.1) is 0 Å². The van der Waals surface area contributed by atoms with Crippen molar-refractivity contribution in [2.24, 2.45) is 0 Å². The molecular formula is C17H19Cl2N3S. The Hall–Kier alpha value is -1.41. The van der Waals surface area contributed by atoms with Crippen LogP contribution in [-0.4, -0.2) is 13.1 Å². The predicted molar refractivity (Wildman–Crippen MR) is 96.9 cm³/mol. The first-order valence-corrected chi connectivity index (χ1v) is 8.17. The standard InChI is InChI=1S/C17H18ClN3S.ClH/c1-2-21(14-8-9-16(20-19)15(18)12-14)11-10-17(22)13-6-4-3-5-7-13;/h3-9,12,17H,2,10-11H2,1H3;1H. The highest BCUT2D eigenvalue weighted by atomic mass is 35.5. The van der Waals surface area contributed by atoms with Crippen LogP contribution in [0.25, 0.3) is 4.98 Å². The molecule has 23 heavy (non-hydrogen) atoms. The van der Waals surface area contributed by atoms with Gasteiger partial charge < -0.3 is 17.3 Å². The van der Waals surface area contributed by atoms with Gasteiger partial charge in [0, 0.05) is 30.1 Å². The van der Waals surface area contributed by atoms with Crippen molar-refractivity contribution in [2.45, 2.75) is 18.6 Å². The quantitative estimate of drug-likeness (QED) is 0.628. The monoisotopic (exact) mass is 367 g/mol. The fraction of sp³-hybridized carbons (Fsp3) is 0.294. The molecular weight excluding hydrogens is 349 g/mol. The molecule has 0 amide bonds. The van der Waals surface area contributed by atoms with Crippen LogP contribution < -0.4 is 17.3 Å². The minimum absolute atomic E-state index is 0. The summed E-state index contributed by atoms with van der Waals surface area (Å²) in [6.45, 7) is 3.86. The Morgan fingerprint density at radius 2 is 1.91 bits per heavy atom. The molecule has 0 radical (unpaired) electrons. The van der Waals surface area contributed by atoms with Gasteiger partial charge in [0.25, 0.3) is 0 Å². The molecule has 0 saturated carbocycles. The molecule has 1 unspecified atom stereocenters. The van der Waals surface area contributed by atoms with Crippen LogP contribution in [0.1, 0.15) is 24.2 Å². The minimum atomic E-state index is 0. The Balaban J connectivity index is 0.00000264. The van der Waals surface area contributed by atoms with Gasteiger partial charge in [-0.1, -0.05) is 41.9 Å². The molecule has 6 heteroatoms. The average molecular weight is 368 g/mol. The maximum absolute atomic E-state index is 8.82. The highest BCUT2D eigenvalue weighted by Gasteiger charge is 2.15. The molecule has 0 aromatic heterocycles. The number of hydrogen-bond donors (Lipinski definition) is 1. The van der Waals surface area contributed by atoms with Crippen LogP contribution in [0.2, 0.25) is 5.02 Å². The molecule has 0 heterocycles. The van der Waals surface area contributed by atoms with Crippen molar-refractivity contribution in [3.8, 4) is 0 Å². The van der Waals surface area contributed by atoms with Gasteiger partial charge >= 0.3 is 5.69 Å². The third kappa shape index (κ3) is 5.31. The second kappa shape index (κ2) is 9.67. The first-order chi connectivity index (χ1) is 10.7. The molecule has 0 aliphatic carbocycles. The summed E-state index contributed by atoms with van der Waals surface area (Å²) in [6.07, 6.45) is 0.935. The van der Waals surface area contributed by atoms with Crippen molar-refractivity contribution in [3.05, 3.63) is 64.1 Å². The Labute approximate surface area is 154 Å². The summed E-state index contributed by atoms with van der Waals surface area (Å²) in [5, 5.41) is 9.48. The summed E-state index contributed by atoms with van der Waals surface area (Å²) in [4.78, 5) is 5.38. The molecule has 0 aliphatic heterocycles. The van der Waals surface area contributed by atoms with Crippen molar-refractivity contribution >= 4 is 35.6 Å². The van der Waals surface area contributed by atoms with E-state index in [9.17, 15) is 0 Å². The van der Waals surface area contributed by atoms with E-state index in [0.717, 1.165) is 25.2 Å². The van der Waals surface area contributed by atoms with E-state index in [2.05, 4.69) is 28.9 Å². The fourth-order valence-corrected chi connectivity index (χ4v) is 2.86. The molecule has 0 fully saturated rings. The third-order valence-corrected chi connectivity index (χ3v) is 4.50. The highest BCUT2D eigenvalue weighted by molar-refractivity contribution is 7.80. The Morgan fingerprint density at radius 1 is 1.22 bits per heavy atom. The highest BCUT2D eigenvalue weighted by Crippen LogP contribution is 2.30. The first-order valence-electron chi connectivity index (χ1n) is 7.28. The average Bonchev–Trinajstić information content (AvgIpc) is 2.56. The normalized spacial score (nSPS) is 11.2. The van der Waals surface area contributed by atoms with E-state index in [-0.39, 0.29) is 17.7 Å². The van der Waals surface area contributed by atoms with E-state index < -0.39 is 0 Å². The zero-order chi connectivity index (χ0) is 15.9. The van der Waals surface area contributed by atoms with E-state index in [1.165, 1.54) is 5.56 Å². The van der Waals surface area contributed by atoms with Crippen LogP contribution in [0.4, 0.5) is 11.4 Å². The summed E-state index contributed by atoms with van der Waals surface area (Å²) in [5.41, 5.74) is 2.64. The Kier molecular flexibility index (Phi) is 8.25. The molecule has 3 nitrogen and oxygen atoms in total. The molecule has 2 aromatic carbocycles. The van der Waals surface area contributed by atoms with Crippen molar-refractivity contribution in [3.63, 3.8) is 0 Å². The minimum Gasteiger partial charge on any atom is -1.00 e. The molecule has 122 valence electrons. The van der Waals surface area contributed by atoms with Crippen LogP contribution in [-0.2, 0) is 0 Å². The number of rotatable bonds is 6. The smallest absolute Gasteiger partial charge is 0.403 e. The van der Waals surface area contributed by atoms with Crippen LogP contribution in [0.15, 0.2) is 48.5 Å². The molecule has 0 N–H and O–H groups in total. The topological polar surface area (TPSA) is 31.4 Å². The van der Waals surface area contributed by atoms with Crippen molar-refractivity contribution in [2.75, 3.05) is 18.0 Å². The van der Waals surface area contributed by atoms with Crippen LogP contribution in [0.5, 0.6) is 0 Å². The third-order valence-electron chi connectivity index (χ3n) is 3.64. The van der Waals surface area contributed by atoms with Crippen molar-refractivity contribution < 1.29 is 12.4 Å². The largest absolute Gasteiger partial charge is 1.00 e. The summed E-state index contributed by atoms with van der Waals surface area (Å²) >= 11 is 10.8. The first kappa shape index (κ1) is 19.6. The summed E-state index contributed by atoms with van der Waals surface area (Å²) in [7, 11) is 0. The molecule has 0 aliphatic rings. The van der Waals surface area contributed by atoms with E-state index in [1.54, 1.807) is 6.07 Å². The lowest BCUT2D eigenvalue weighted by Crippen LogP contribution is -3.00. The predicted octanol–water partition coefficient (Wildman–Crippen LogP) is 2.72.